The van der Waals surface area contributed by atoms with Crippen LogP contribution in [-0.4, -0.2) is 14.6 Å². The first-order valence-corrected chi connectivity index (χ1v) is 5.28. The lowest BCUT2D eigenvalue weighted by molar-refractivity contribution is 0.820. The fourth-order valence-electron chi connectivity index (χ4n) is 1.49. The average Bonchev–Trinajstić information content (AvgIpc) is 2.54. The third kappa shape index (κ3) is 1.42. The lowest BCUT2D eigenvalue weighted by Crippen LogP contribution is -2.05. The summed E-state index contributed by atoms with van der Waals surface area (Å²) < 4.78 is 2.59. The number of fused-ring (bicyclic) bond motifs is 1. The van der Waals surface area contributed by atoms with Crippen molar-refractivity contribution in [3.05, 3.63) is 28.1 Å². The van der Waals surface area contributed by atoms with Crippen molar-refractivity contribution < 1.29 is 0 Å². The third-order valence-electron chi connectivity index (χ3n) is 2.15. The van der Waals surface area contributed by atoms with Crippen molar-refractivity contribution in [2.45, 2.75) is 19.9 Å². The highest BCUT2D eigenvalue weighted by Gasteiger charge is 2.09. The molecule has 2 rings (SSSR count). The third-order valence-corrected chi connectivity index (χ3v) is 2.57. The highest BCUT2D eigenvalue weighted by atomic mass is 79.9. The summed E-state index contributed by atoms with van der Waals surface area (Å²) in [5.74, 6) is 0. The largest absolute Gasteiger partial charge is 0.325 e. The van der Waals surface area contributed by atoms with E-state index in [4.69, 9.17) is 5.73 Å². The van der Waals surface area contributed by atoms with Gasteiger partial charge >= 0.3 is 0 Å². The fourth-order valence-corrected chi connectivity index (χ4v) is 1.78. The van der Waals surface area contributed by atoms with E-state index < -0.39 is 0 Å². The van der Waals surface area contributed by atoms with Gasteiger partial charge in [0.2, 0.25) is 0 Å². The van der Waals surface area contributed by atoms with E-state index in [1.54, 1.807) is 4.52 Å². The molecule has 2 aromatic rings. The number of nitrogens with zero attached hydrogens (tertiary/aromatic N) is 3. The van der Waals surface area contributed by atoms with E-state index in [9.17, 15) is 0 Å². The highest BCUT2D eigenvalue weighted by Crippen LogP contribution is 2.14. The molecule has 4 nitrogen and oxygen atoms in total. The van der Waals surface area contributed by atoms with Crippen LogP contribution in [0.2, 0.25) is 0 Å². The molecule has 74 valence electrons. The number of imidazole rings is 1. The Morgan fingerprint density at radius 1 is 1.50 bits per heavy atom. The standard InChI is InChI=1S/C9H11BrN4/c1-2-6-7(5-11)14-9(12-6)4-3-8(10)13-14/h3-4H,2,5,11H2,1H3. The van der Waals surface area contributed by atoms with Crippen LogP contribution >= 0.6 is 15.9 Å². The smallest absolute Gasteiger partial charge is 0.154 e. The van der Waals surface area contributed by atoms with Gasteiger partial charge in [0.15, 0.2) is 5.65 Å². The van der Waals surface area contributed by atoms with Crippen molar-refractivity contribution in [3.63, 3.8) is 0 Å². The second-order valence-electron chi connectivity index (χ2n) is 2.99. The zero-order valence-electron chi connectivity index (χ0n) is 7.87. The summed E-state index contributed by atoms with van der Waals surface area (Å²) in [4.78, 5) is 4.44. The van der Waals surface area contributed by atoms with Crippen molar-refractivity contribution in [1.29, 1.82) is 0 Å². The summed E-state index contributed by atoms with van der Waals surface area (Å²) >= 11 is 3.33. The molecule has 0 aliphatic rings. The lowest BCUT2D eigenvalue weighted by atomic mass is 10.3. The molecule has 0 fully saturated rings. The Morgan fingerprint density at radius 3 is 2.93 bits per heavy atom. The van der Waals surface area contributed by atoms with Crippen molar-refractivity contribution >= 4 is 21.6 Å². The van der Waals surface area contributed by atoms with Gasteiger partial charge < -0.3 is 5.73 Å². The second kappa shape index (κ2) is 3.67. The maximum atomic E-state index is 5.67. The van der Waals surface area contributed by atoms with E-state index in [0.29, 0.717) is 6.54 Å². The molecular formula is C9H11BrN4. The first-order valence-electron chi connectivity index (χ1n) is 4.49. The number of rotatable bonds is 2. The van der Waals surface area contributed by atoms with Crippen molar-refractivity contribution in [3.8, 4) is 0 Å². The zero-order chi connectivity index (χ0) is 10.1. The maximum absolute atomic E-state index is 5.67. The number of nitrogens with two attached hydrogens (primary N) is 1. The highest BCUT2D eigenvalue weighted by molar-refractivity contribution is 9.10. The molecule has 0 aliphatic heterocycles. The molecule has 0 radical (unpaired) electrons. The van der Waals surface area contributed by atoms with Crippen LogP contribution in [0.4, 0.5) is 0 Å². The number of hydrogen-bond donors (Lipinski definition) is 1. The predicted octanol–water partition coefficient (Wildman–Crippen LogP) is 1.51. The summed E-state index contributed by atoms with van der Waals surface area (Å²) in [6.07, 6.45) is 0.882. The quantitative estimate of drug-likeness (QED) is 0.884. The van der Waals surface area contributed by atoms with Crippen LogP contribution in [0.25, 0.3) is 5.65 Å². The summed E-state index contributed by atoms with van der Waals surface area (Å²) in [6.45, 7) is 2.53. The fraction of sp³-hybridized carbons (Fsp3) is 0.333. The van der Waals surface area contributed by atoms with Gasteiger partial charge in [-0.3, -0.25) is 0 Å². The molecule has 2 heterocycles. The SMILES string of the molecule is CCc1nc2ccc(Br)nn2c1CN. The molecular weight excluding hydrogens is 244 g/mol. The summed E-state index contributed by atoms with van der Waals surface area (Å²) in [6, 6.07) is 3.80. The van der Waals surface area contributed by atoms with Gasteiger partial charge in [-0.1, -0.05) is 6.92 Å². The van der Waals surface area contributed by atoms with Crippen LogP contribution in [-0.2, 0) is 13.0 Å². The molecule has 2 aromatic heterocycles. The van der Waals surface area contributed by atoms with Crippen LogP contribution in [0.5, 0.6) is 0 Å². The molecule has 0 saturated heterocycles. The topological polar surface area (TPSA) is 56.2 Å². The molecule has 14 heavy (non-hydrogen) atoms. The minimum atomic E-state index is 0.466. The molecule has 0 spiro atoms. The van der Waals surface area contributed by atoms with E-state index in [2.05, 4.69) is 32.9 Å². The normalized spacial score (nSPS) is 11.1. The summed E-state index contributed by atoms with van der Waals surface area (Å²) in [7, 11) is 0. The minimum absolute atomic E-state index is 0.466. The molecule has 0 amide bonds. The Morgan fingerprint density at radius 2 is 2.29 bits per heavy atom. The van der Waals surface area contributed by atoms with Gasteiger partial charge in [-0.05, 0) is 34.5 Å². The van der Waals surface area contributed by atoms with E-state index in [1.165, 1.54) is 0 Å². The van der Waals surface area contributed by atoms with Gasteiger partial charge in [0, 0.05) is 6.54 Å². The Balaban J connectivity index is 2.74. The molecule has 0 aliphatic carbocycles. The molecule has 2 N–H and O–H groups in total. The number of aromatic nitrogens is 3. The Bertz CT molecular complexity index is 463. The lowest BCUT2D eigenvalue weighted by Gasteiger charge is -1.98. The Kier molecular flexibility index (Phi) is 2.52. The van der Waals surface area contributed by atoms with Crippen LogP contribution in [0.1, 0.15) is 18.3 Å². The molecule has 0 bridgehead atoms. The minimum Gasteiger partial charge on any atom is -0.325 e. The Hall–Kier alpha value is -0.940. The number of aryl methyl sites for hydroxylation is 1. The molecule has 0 unspecified atom stereocenters. The van der Waals surface area contributed by atoms with Gasteiger partial charge in [0.1, 0.15) is 4.60 Å². The van der Waals surface area contributed by atoms with E-state index in [-0.39, 0.29) is 0 Å². The van der Waals surface area contributed by atoms with Gasteiger partial charge in [0.05, 0.1) is 11.4 Å². The number of hydrogen-bond acceptors (Lipinski definition) is 3. The first-order chi connectivity index (χ1) is 6.76. The van der Waals surface area contributed by atoms with Gasteiger partial charge in [-0.15, -0.1) is 0 Å². The zero-order valence-corrected chi connectivity index (χ0v) is 9.45. The van der Waals surface area contributed by atoms with Gasteiger partial charge in [0.25, 0.3) is 0 Å². The second-order valence-corrected chi connectivity index (χ2v) is 3.80. The Labute approximate surface area is 90.3 Å². The molecule has 0 saturated carbocycles. The predicted molar refractivity (Wildman–Crippen MR) is 58.0 cm³/mol. The van der Waals surface area contributed by atoms with Gasteiger partial charge in [-0.2, -0.15) is 5.10 Å². The molecule has 5 heteroatoms. The van der Waals surface area contributed by atoms with Crippen molar-refractivity contribution in [2.24, 2.45) is 5.73 Å². The van der Waals surface area contributed by atoms with E-state index in [1.807, 2.05) is 12.1 Å². The van der Waals surface area contributed by atoms with E-state index in [0.717, 1.165) is 28.1 Å². The maximum Gasteiger partial charge on any atom is 0.154 e. The summed E-state index contributed by atoms with van der Waals surface area (Å²) in [5, 5.41) is 4.31. The van der Waals surface area contributed by atoms with Crippen LogP contribution in [0, 0.1) is 0 Å². The van der Waals surface area contributed by atoms with Gasteiger partial charge in [-0.25, -0.2) is 9.50 Å². The van der Waals surface area contributed by atoms with Crippen molar-refractivity contribution in [2.75, 3.05) is 0 Å². The van der Waals surface area contributed by atoms with E-state index >= 15 is 0 Å². The number of halogens is 1. The molecule has 0 atom stereocenters. The van der Waals surface area contributed by atoms with Crippen LogP contribution in [0.15, 0.2) is 16.7 Å². The van der Waals surface area contributed by atoms with Crippen molar-refractivity contribution in [1.82, 2.24) is 14.6 Å². The monoisotopic (exact) mass is 254 g/mol. The van der Waals surface area contributed by atoms with Crippen LogP contribution < -0.4 is 5.73 Å². The molecule has 0 aromatic carbocycles. The average molecular weight is 255 g/mol. The first kappa shape index (κ1) is 9.61. The van der Waals surface area contributed by atoms with Crippen LogP contribution in [0.3, 0.4) is 0 Å². The summed E-state index contributed by atoms with van der Waals surface area (Å²) in [5.41, 5.74) is 8.54.